The Morgan fingerprint density at radius 2 is 2.16 bits per heavy atom. The van der Waals surface area contributed by atoms with Gasteiger partial charge in [-0.05, 0) is 37.5 Å². The van der Waals surface area contributed by atoms with E-state index in [-0.39, 0.29) is 23.8 Å². The molecular weight excluding hydrogens is 240 g/mol. The van der Waals surface area contributed by atoms with Gasteiger partial charge in [0.05, 0.1) is 12.7 Å². The predicted octanol–water partition coefficient (Wildman–Crippen LogP) is 2.49. The summed E-state index contributed by atoms with van der Waals surface area (Å²) in [6.45, 7) is 8.52. The smallest absolute Gasteiger partial charge is 0.224 e. The van der Waals surface area contributed by atoms with Gasteiger partial charge in [0.2, 0.25) is 5.91 Å². The number of amides is 1. The van der Waals surface area contributed by atoms with Gasteiger partial charge in [-0.25, -0.2) is 0 Å². The molecule has 0 aromatic carbocycles. The van der Waals surface area contributed by atoms with Gasteiger partial charge in [0.25, 0.3) is 0 Å². The van der Waals surface area contributed by atoms with Crippen molar-refractivity contribution in [3.8, 4) is 6.07 Å². The number of hydrogen-bond acceptors (Lipinski definition) is 3. The topological polar surface area (TPSA) is 62.1 Å². The highest BCUT2D eigenvalue weighted by molar-refractivity contribution is 5.80. The number of rotatable bonds is 4. The second kappa shape index (κ2) is 5.92. The summed E-state index contributed by atoms with van der Waals surface area (Å²) >= 11 is 0. The lowest BCUT2D eigenvalue weighted by molar-refractivity contribution is -0.129. The highest BCUT2D eigenvalue weighted by atomic mass is 16.5. The van der Waals surface area contributed by atoms with Crippen LogP contribution in [0.1, 0.15) is 47.0 Å². The summed E-state index contributed by atoms with van der Waals surface area (Å²) < 4.78 is 5.01. The molecule has 0 bridgehead atoms. The molecule has 1 amide bonds. The second-order valence-electron chi connectivity index (χ2n) is 6.98. The Morgan fingerprint density at radius 3 is 2.63 bits per heavy atom. The van der Waals surface area contributed by atoms with E-state index in [9.17, 15) is 10.1 Å². The van der Waals surface area contributed by atoms with Crippen molar-refractivity contribution in [1.82, 2.24) is 5.32 Å². The standard InChI is InChI=1S/C15H26N2O2/c1-11-6-12(8-14(2,3)7-11)13(18)17-15(4,9-16)10-19-5/h11-12H,6-8,10H2,1-5H3,(H,17,18)/t11-,12+,15+/m1/s1. The van der Waals surface area contributed by atoms with Crippen molar-refractivity contribution in [2.24, 2.45) is 17.3 Å². The molecule has 0 radical (unpaired) electrons. The van der Waals surface area contributed by atoms with E-state index in [4.69, 9.17) is 4.74 Å². The fraction of sp³-hybridized carbons (Fsp3) is 0.867. The second-order valence-corrected chi connectivity index (χ2v) is 6.98. The predicted molar refractivity (Wildman–Crippen MR) is 74.3 cm³/mol. The Kier molecular flexibility index (Phi) is 4.98. The Balaban J connectivity index is 2.70. The number of carbonyl (C=O) groups is 1. The average molecular weight is 266 g/mol. The largest absolute Gasteiger partial charge is 0.381 e. The van der Waals surface area contributed by atoms with Gasteiger partial charge in [0.15, 0.2) is 0 Å². The summed E-state index contributed by atoms with van der Waals surface area (Å²) in [7, 11) is 1.54. The third kappa shape index (κ3) is 4.50. The van der Waals surface area contributed by atoms with Crippen molar-refractivity contribution in [2.45, 2.75) is 52.5 Å². The van der Waals surface area contributed by atoms with Gasteiger partial charge < -0.3 is 10.1 Å². The van der Waals surface area contributed by atoms with E-state index in [0.29, 0.717) is 5.92 Å². The molecule has 1 fully saturated rings. The molecule has 108 valence electrons. The van der Waals surface area contributed by atoms with Gasteiger partial charge in [-0.3, -0.25) is 4.79 Å². The molecule has 0 aromatic heterocycles. The van der Waals surface area contributed by atoms with Crippen LogP contribution < -0.4 is 5.32 Å². The number of nitriles is 1. The van der Waals surface area contributed by atoms with Crippen LogP contribution in [0.4, 0.5) is 0 Å². The number of hydrogen-bond donors (Lipinski definition) is 1. The Morgan fingerprint density at radius 1 is 1.53 bits per heavy atom. The lowest BCUT2D eigenvalue weighted by Gasteiger charge is -2.39. The van der Waals surface area contributed by atoms with Gasteiger partial charge in [0, 0.05) is 13.0 Å². The Hall–Kier alpha value is -1.08. The molecule has 0 aliphatic heterocycles. The summed E-state index contributed by atoms with van der Waals surface area (Å²) in [5.74, 6) is 0.541. The van der Waals surface area contributed by atoms with Gasteiger partial charge in [0.1, 0.15) is 5.54 Å². The highest BCUT2D eigenvalue weighted by Gasteiger charge is 2.37. The minimum Gasteiger partial charge on any atom is -0.381 e. The first-order chi connectivity index (χ1) is 8.71. The summed E-state index contributed by atoms with van der Waals surface area (Å²) in [6.07, 6.45) is 2.95. The van der Waals surface area contributed by atoms with Crippen LogP contribution in [-0.2, 0) is 9.53 Å². The molecule has 1 aliphatic rings. The average Bonchev–Trinajstić information content (AvgIpc) is 2.26. The maximum Gasteiger partial charge on any atom is 0.224 e. The van der Waals surface area contributed by atoms with E-state index in [1.54, 1.807) is 6.92 Å². The number of carbonyl (C=O) groups excluding carboxylic acids is 1. The summed E-state index contributed by atoms with van der Waals surface area (Å²) in [5.41, 5.74) is -0.735. The Labute approximate surface area is 116 Å². The monoisotopic (exact) mass is 266 g/mol. The molecule has 1 N–H and O–H groups in total. The maximum atomic E-state index is 12.4. The first kappa shape index (κ1) is 16.0. The fourth-order valence-corrected chi connectivity index (χ4v) is 3.30. The zero-order chi connectivity index (χ0) is 14.7. The molecule has 0 saturated heterocycles. The molecule has 0 unspecified atom stereocenters. The molecule has 1 aliphatic carbocycles. The fourth-order valence-electron chi connectivity index (χ4n) is 3.30. The minimum atomic E-state index is -0.934. The van der Waals surface area contributed by atoms with E-state index in [1.807, 2.05) is 0 Å². The van der Waals surface area contributed by atoms with Crippen LogP contribution in [0.25, 0.3) is 0 Å². The third-order valence-corrected chi connectivity index (χ3v) is 3.84. The molecule has 1 saturated carbocycles. The zero-order valence-corrected chi connectivity index (χ0v) is 12.7. The molecular formula is C15H26N2O2. The maximum absolute atomic E-state index is 12.4. The van der Waals surface area contributed by atoms with Crippen LogP contribution in [0.5, 0.6) is 0 Å². The SMILES string of the molecule is COC[C@](C)(C#N)NC(=O)[C@H]1C[C@@H](C)CC(C)(C)C1. The van der Waals surface area contributed by atoms with Crippen molar-refractivity contribution >= 4 is 5.91 Å². The van der Waals surface area contributed by atoms with Crippen molar-refractivity contribution in [3.63, 3.8) is 0 Å². The van der Waals surface area contributed by atoms with Crippen LogP contribution in [0.2, 0.25) is 0 Å². The first-order valence-electron chi connectivity index (χ1n) is 6.93. The highest BCUT2D eigenvalue weighted by Crippen LogP contribution is 2.41. The van der Waals surface area contributed by atoms with Gasteiger partial charge in [-0.2, -0.15) is 5.26 Å². The summed E-state index contributed by atoms with van der Waals surface area (Å²) in [4.78, 5) is 12.4. The molecule has 0 aromatic rings. The van der Waals surface area contributed by atoms with Gasteiger partial charge >= 0.3 is 0 Å². The molecule has 4 nitrogen and oxygen atoms in total. The van der Waals surface area contributed by atoms with Crippen molar-refractivity contribution in [1.29, 1.82) is 5.26 Å². The zero-order valence-electron chi connectivity index (χ0n) is 12.7. The number of methoxy groups -OCH3 is 1. The van der Waals surface area contributed by atoms with Gasteiger partial charge in [-0.15, -0.1) is 0 Å². The molecule has 19 heavy (non-hydrogen) atoms. The number of nitrogens with one attached hydrogen (secondary N) is 1. The quantitative estimate of drug-likeness (QED) is 0.850. The van der Waals surface area contributed by atoms with Crippen LogP contribution in [0.3, 0.4) is 0 Å². The summed E-state index contributed by atoms with van der Waals surface area (Å²) in [6, 6.07) is 2.12. The first-order valence-corrected chi connectivity index (χ1v) is 6.93. The molecule has 3 atom stereocenters. The van der Waals surface area contributed by atoms with Crippen molar-refractivity contribution in [2.75, 3.05) is 13.7 Å². The number of nitrogens with zero attached hydrogens (tertiary/aromatic N) is 1. The number of ether oxygens (including phenoxy) is 1. The van der Waals surface area contributed by atoms with Crippen LogP contribution in [-0.4, -0.2) is 25.2 Å². The summed E-state index contributed by atoms with van der Waals surface area (Å²) in [5, 5.41) is 12.0. The normalized spacial score (nSPS) is 29.1. The third-order valence-electron chi connectivity index (χ3n) is 3.84. The van der Waals surface area contributed by atoms with Crippen molar-refractivity contribution < 1.29 is 9.53 Å². The minimum absolute atomic E-state index is 0.00304. The molecule has 4 heteroatoms. The van der Waals surface area contributed by atoms with E-state index >= 15 is 0 Å². The van der Waals surface area contributed by atoms with Crippen LogP contribution in [0, 0.1) is 28.6 Å². The van der Waals surface area contributed by atoms with Crippen LogP contribution >= 0.6 is 0 Å². The van der Waals surface area contributed by atoms with Crippen LogP contribution in [0.15, 0.2) is 0 Å². The van der Waals surface area contributed by atoms with Gasteiger partial charge in [-0.1, -0.05) is 20.8 Å². The van der Waals surface area contributed by atoms with E-state index in [1.165, 1.54) is 7.11 Å². The van der Waals surface area contributed by atoms with Crippen molar-refractivity contribution in [3.05, 3.63) is 0 Å². The molecule has 1 rings (SSSR count). The lowest BCUT2D eigenvalue weighted by Crippen LogP contribution is -2.51. The molecule has 0 spiro atoms. The lowest BCUT2D eigenvalue weighted by atomic mass is 9.67. The van der Waals surface area contributed by atoms with E-state index in [2.05, 4.69) is 32.2 Å². The van der Waals surface area contributed by atoms with E-state index in [0.717, 1.165) is 19.3 Å². The Bertz CT molecular complexity index is 373. The molecule has 0 heterocycles. The van der Waals surface area contributed by atoms with E-state index < -0.39 is 5.54 Å².